The number of nitrogens with zero attached hydrogens (tertiary/aromatic N) is 1. The Morgan fingerprint density at radius 3 is 2.50 bits per heavy atom. The van der Waals surface area contributed by atoms with Crippen molar-refractivity contribution in [3.63, 3.8) is 0 Å². The number of amides is 3. The lowest BCUT2D eigenvalue weighted by atomic mass is 9.95. The van der Waals surface area contributed by atoms with Crippen LogP contribution >= 0.6 is 0 Å². The summed E-state index contributed by atoms with van der Waals surface area (Å²) in [5.74, 6) is -0.331. The molecular weight excluding hydrogens is 554 g/mol. The summed E-state index contributed by atoms with van der Waals surface area (Å²) in [6.07, 6.45) is 9.53. The highest BCUT2D eigenvalue weighted by Crippen LogP contribution is 2.27. The lowest BCUT2D eigenvalue weighted by Gasteiger charge is -2.28. The number of unbranched alkanes of at least 4 members (excludes halogenated alkanes) is 2. The Hall–Kier alpha value is -3.43. The molecule has 3 atom stereocenters. The zero-order chi connectivity index (χ0) is 31.3. The number of rotatable bonds is 16. The monoisotopic (exact) mass is 605 g/mol. The van der Waals surface area contributed by atoms with E-state index < -0.39 is 18.2 Å². The maximum atomic E-state index is 13.8. The molecule has 9 heteroatoms. The van der Waals surface area contributed by atoms with Crippen molar-refractivity contribution in [3.8, 4) is 0 Å². The van der Waals surface area contributed by atoms with Gasteiger partial charge in [-0.2, -0.15) is 0 Å². The van der Waals surface area contributed by atoms with Gasteiger partial charge in [0.2, 0.25) is 11.8 Å². The van der Waals surface area contributed by atoms with Crippen molar-refractivity contribution in [2.45, 2.75) is 109 Å². The van der Waals surface area contributed by atoms with Crippen LogP contribution < -0.4 is 26.2 Å². The van der Waals surface area contributed by atoms with Gasteiger partial charge in [0.05, 0.1) is 18.2 Å². The first kappa shape index (κ1) is 33.5. The van der Waals surface area contributed by atoms with E-state index in [4.69, 9.17) is 0 Å². The molecule has 0 aromatic heterocycles. The second-order valence-corrected chi connectivity index (χ2v) is 12.4. The van der Waals surface area contributed by atoms with Gasteiger partial charge in [-0.25, -0.2) is 0 Å². The van der Waals surface area contributed by atoms with Crippen LogP contribution in [0, 0.1) is 0 Å². The molecule has 0 unspecified atom stereocenters. The summed E-state index contributed by atoms with van der Waals surface area (Å²) in [5, 5.41) is 24.1. The number of hydrogen-bond donors (Lipinski definition) is 5. The van der Waals surface area contributed by atoms with Crippen molar-refractivity contribution >= 4 is 29.1 Å². The fourth-order valence-corrected chi connectivity index (χ4v) is 6.04. The highest BCUT2D eigenvalue weighted by molar-refractivity contribution is 6.00. The van der Waals surface area contributed by atoms with Crippen LogP contribution in [0.4, 0.5) is 11.4 Å². The number of carbonyl (C=O) groups excluding carboxylic acids is 3. The molecule has 1 aliphatic carbocycles. The Morgan fingerprint density at radius 2 is 1.80 bits per heavy atom. The molecule has 2 fully saturated rings. The molecule has 2 aromatic carbocycles. The van der Waals surface area contributed by atoms with E-state index in [1.165, 1.54) is 6.42 Å². The van der Waals surface area contributed by atoms with Crippen molar-refractivity contribution < 1.29 is 19.5 Å². The molecule has 44 heavy (non-hydrogen) atoms. The zero-order valence-electron chi connectivity index (χ0n) is 26.4. The number of hydrogen-bond acceptors (Lipinski definition) is 6. The first-order valence-corrected chi connectivity index (χ1v) is 16.6. The van der Waals surface area contributed by atoms with Crippen LogP contribution in [0.3, 0.4) is 0 Å². The summed E-state index contributed by atoms with van der Waals surface area (Å²) in [6, 6.07) is 14.4. The largest absolute Gasteiger partial charge is 0.390 e. The summed E-state index contributed by atoms with van der Waals surface area (Å²) < 4.78 is 0. The molecule has 240 valence electrons. The van der Waals surface area contributed by atoms with Gasteiger partial charge in [-0.05, 0) is 62.8 Å². The third kappa shape index (κ3) is 10.1. The minimum Gasteiger partial charge on any atom is -0.390 e. The van der Waals surface area contributed by atoms with Crippen LogP contribution in [0.15, 0.2) is 48.5 Å². The van der Waals surface area contributed by atoms with Gasteiger partial charge in [-0.1, -0.05) is 69.4 Å². The van der Waals surface area contributed by atoms with Crippen LogP contribution in [-0.2, 0) is 16.0 Å². The Labute approximate surface area is 262 Å². The number of aliphatic hydroxyl groups excluding tert-OH is 1. The smallest absolute Gasteiger partial charge is 0.251 e. The summed E-state index contributed by atoms with van der Waals surface area (Å²) in [7, 11) is 0. The highest BCUT2D eigenvalue weighted by atomic mass is 16.3. The normalized spacial score (nSPS) is 17.6. The molecule has 2 aliphatic rings. The van der Waals surface area contributed by atoms with Gasteiger partial charge in [0.15, 0.2) is 0 Å². The third-order valence-electron chi connectivity index (χ3n) is 8.73. The Kier molecular flexibility index (Phi) is 13.1. The molecule has 4 rings (SSSR count). The topological polar surface area (TPSA) is 123 Å². The predicted octanol–water partition coefficient (Wildman–Crippen LogP) is 4.54. The van der Waals surface area contributed by atoms with Gasteiger partial charge in [0.25, 0.3) is 5.91 Å². The van der Waals surface area contributed by atoms with Gasteiger partial charge in [0.1, 0.15) is 0 Å². The average Bonchev–Trinajstić information content (AvgIpc) is 3.48. The Bertz CT molecular complexity index is 1220. The van der Waals surface area contributed by atoms with Crippen LogP contribution in [0.1, 0.15) is 94.0 Å². The van der Waals surface area contributed by atoms with E-state index in [0.717, 1.165) is 69.2 Å². The first-order chi connectivity index (χ1) is 21.3. The van der Waals surface area contributed by atoms with Gasteiger partial charge in [-0.3, -0.25) is 14.4 Å². The van der Waals surface area contributed by atoms with E-state index in [9.17, 15) is 19.5 Å². The number of carbonyl (C=O) groups is 3. The molecule has 5 N–H and O–H groups in total. The fraction of sp³-hybridized carbons (Fsp3) is 0.571. The van der Waals surface area contributed by atoms with E-state index >= 15 is 0 Å². The molecule has 1 aliphatic heterocycles. The van der Waals surface area contributed by atoms with Gasteiger partial charge < -0.3 is 31.3 Å². The zero-order valence-corrected chi connectivity index (χ0v) is 26.4. The number of anilines is 2. The number of aliphatic hydroxyl groups is 1. The van der Waals surface area contributed by atoms with Crippen LogP contribution in [0.5, 0.6) is 0 Å². The molecule has 9 nitrogen and oxygen atoms in total. The van der Waals surface area contributed by atoms with Crippen LogP contribution in [0.25, 0.3) is 0 Å². The van der Waals surface area contributed by atoms with E-state index in [1.807, 2.05) is 42.5 Å². The summed E-state index contributed by atoms with van der Waals surface area (Å²) in [5.41, 5.74) is 2.91. The average molecular weight is 606 g/mol. The van der Waals surface area contributed by atoms with Gasteiger partial charge in [-0.15, -0.1) is 0 Å². The lowest BCUT2D eigenvalue weighted by molar-refractivity contribution is -0.123. The molecule has 3 amide bonds. The number of benzene rings is 2. The van der Waals surface area contributed by atoms with Gasteiger partial charge in [0, 0.05) is 49.0 Å². The van der Waals surface area contributed by atoms with Crippen molar-refractivity contribution in [2.24, 2.45) is 0 Å². The van der Waals surface area contributed by atoms with Crippen LogP contribution in [-0.4, -0.2) is 66.7 Å². The second-order valence-electron chi connectivity index (χ2n) is 12.4. The van der Waals surface area contributed by atoms with Crippen molar-refractivity contribution in [1.82, 2.24) is 16.0 Å². The summed E-state index contributed by atoms with van der Waals surface area (Å²) >= 11 is 0. The lowest BCUT2D eigenvalue weighted by Crippen LogP contribution is -2.53. The molecule has 0 bridgehead atoms. The van der Waals surface area contributed by atoms with E-state index in [-0.39, 0.29) is 30.3 Å². The molecule has 2 aromatic rings. The number of nitrogens with one attached hydrogen (secondary N) is 4. The quantitative estimate of drug-likeness (QED) is 0.179. The molecule has 1 saturated carbocycles. The second kappa shape index (κ2) is 17.2. The van der Waals surface area contributed by atoms with Crippen molar-refractivity contribution in [2.75, 3.05) is 29.9 Å². The molecule has 0 radical (unpaired) electrons. The molecule has 0 spiro atoms. The van der Waals surface area contributed by atoms with Gasteiger partial charge >= 0.3 is 0 Å². The maximum Gasteiger partial charge on any atom is 0.251 e. The summed E-state index contributed by atoms with van der Waals surface area (Å²) in [4.78, 5) is 40.9. The Balaban J connectivity index is 1.46. The maximum absolute atomic E-state index is 13.8. The third-order valence-corrected chi connectivity index (χ3v) is 8.73. The van der Waals surface area contributed by atoms with E-state index in [2.05, 4.69) is 28.2 Å². The van der Waals surface area contributed by atoms with E-state index in [0.29, 0.717) is 30.6 Å². The molecular formula is C35H51N5O4. The fourth-order valence-electron chi connectivity index (χ4n) is 6.04. The Morgan fingerprint density at radius 1 is 1.02 bits per heavy atom. The van der Waals surface area contributed by atoms with E-state index in [1.54, 1.807) is 17.9 Å². The van der Waals surface area contributed by atoms with Crippen molar-refractivity contribution in [3.05, 3.63) is 59.7 Å². The van der Waals surface area contributed by atoms with Crippen LogP contribution in [0.2, 0.25) is 0 Å². The highest BCUT2D eigenvalue weighted by Gasteiger charge is 2.27. The molecule has 1 heterocycles. The SMILES string of the molecule is CCCCCNc1cc(C(=O)N[C@@H](Cc2ccccc2)[C@H](O)CN[C@@H](C)C(=O)NC2CCCCC2)cc(N2CCCC2=O)c1. The molecule has 1 saturated heterocycles. The van der Waals surface area contributed by atoms with Crippen molar-refractivity contribution in [1.29, 1.82) is 0 Å². The minimum atomic E-state index is -0.945. The minimum absolute atomic E-state index is 0.0598. The predicted molar refractivity (Wildman–Crippen MR) is 176 cm³/mol. The summed E-state index contributed by atoms with van der Waals surface area (Å²) in [6.45, 7) is 5.51. The first-order valence-electron chi connectivity index (χ1n) is 16.6. The standard InChI is InChI=1S/C35H51N5O4/c1-3-4-11-18-36-29-21-27(22-30(23-29)40-19-12-17-33(40)42)35(44)39-31(20-26-13-7-5-8-14-26)32(41)24-37-25(2)34(43)38-28-15-9-6-10-16-28/h5,7-8,13-14,21-23,25,28,31-32,36-37,41H,3-4,6,9-12,15-20,24H2,1-2H3,(H,38,43)(H,39,44)/t25-,31-,32+/m0/s1.